The molecule has 25 heavy (non-hydrogen) atoms. The summed E-state index contributed by atoms with van der Waals surface area (Å²) in [5.41, 5.74) is 3.34. The van der Waals surface area contributed by atoms with Crippen molar-refractivity contribution < 1.29 is 9.32 Å². The predicted octanol–water partition coefficient (Wildman–Crippen LogP) is 2.83. The molecule has 3 N–H and O–H groups in total. The average molecular weight is 340 g/mol. The maximum atomic E-state index is 12.2. The van der Waals surface area contributed by atoms with E-state index < -0.39 is 0 Å². The molecule has 1 aromatic carbocycles. The Labute approximate surface area is 145 Å². The van der Waals surface area contributed by atoms with Crippen LogP contribution in [0.15, 0.2) is 34.9 Å². The van der Waals surface area contributed by atoms with E-state index in [2.05, 4.69) is 31.0 Å². The molecule has 2 amide bonds. The Morgan fingerprint density at radius 2 is 2.16 bits per heavy atom. The number of carbonyl (C=O) groups excluding carboxylic acids is 1. The molecule has 0 spiro atoms. The lowest BCUT2D eigenvalue weighted by molar-refractivity contribution is 0.249. The molecule has 8 heteroatoms. The van der Waals surface area contributed by atoms with E-state index in [1.165, 1.54) is 0 Å². The van der Waals surface area contributed by atoms with Crippen LogP contribution in [0.1, 0.15) is 24.2 Å². The highest BCUT2D eigenvalue weighted by atomic mass is 16.5. The largest absolute Gasteiger partial charge is 0.339 e. The van der Waals surface area contributed by atoms with E-state index in [-0.39, 0.29) is 12.1 Å². The lowest BCUT2D eigenvalue weighted by Crippen LogP contribution is -2.37. The molecule has 1 atom stereocenters. The minimum Gasteiger partial charge on any atom is -0.339 e. The number of aromatic nitrogens is 4. The van der Waals surface area contributed by atoms with Crippen molar-refractivity contribution in [1.82, 2.24) is 25.7 Å². The molecule has 0 fully saturated rings. The van der Waals surface area contributed by atoms with Crippen LogP contribution in [0.25, 0.3) is 11.4 Å². The molecule has 130 valence electrons. The highest BCUT2D eigenvalue weighted by Crippen LogP contribution is 2.19. The number of anilines is 1. The molecular weight excluding hydrogens is 320 g/mol. The van der Waals surface area contributed by atoms with Gasteiger partial charge in [0.25, 0.3) is 0 Å². The molecule has 0 saturated carbocycles. The third kappa shape index (κ3) is 4.43. The summed E-state index contributed by atoms with van der Waals surface area (Å²) in [5.74, 6) is 0.984. The maximum Gasteiger partial charge on any atom is 0.319 e. The number of hydrogen-bond donors (Lipinski definition) is 3. The molecule has 0 aliphatic rings. The van der Waals surface area contributed by atoms with Crippen molar-refractivity contribution in [3.05, 3.63) is 47.6 Å². The molecule has 8 nitrogen and oxygen atoms in total. The van der Waals surface area contributed by atoms with Crippen LogP contribution >= 0.6 is 0 Å². The van der Waals surface area contributed by atoms with Crippen LogP contribution in [0.4, 0.5) is 10.5 Å². The van der Waals surface area contributed by atoms with Crippen LogP contribution < -0.4 is 10.6 Å². The smallest absolute Gasteiger partial charge is 0.319 e. The monoisotopic (exact) mass is 340 g/mol. The highest BCUT2D eigenvalue weighted by Gasteiger charge is 2.11. The maximum absolute atomic E-state index is 12.2. The zero-order valence-electron chi connectivity index (χ0n) is 14.3. The minimum absolute atomic E-state index is 0.0502. The molecule has 0 saturated heterocycles. The normalized spacial score (nSPS) is 12.0. The van der Waals surface area contributed by atoms with E-state index in [1.807, 2.05) is 32.0 Å². The molecule has 0 bridgehead atoms. The van der Waals surface area contributed by atoms with E-state index >= 15 is 0 Å². The van der Waals surface area contributed by atoms with Gasteiger partial charge in [-0.3, -0.25) is 5.10 Å². The third-order valence-electron chi connectivity index (χ3n) is 3.56. The lowest BCUT2D eigenvalue weighted by Gasteiger charge is -2.13. The standard InChI is InChI=1S/C17H20N6O2/c1-10(7-15-8-11(2)21-22-15)18-17(24)20-14-6-4-5-13(9-14)16-19-12(3)25-23-16/h4-6,8-10H,7H2,1-3H3,(H,21,22)(H2,18,20,24)/t10-/m0/s1. The number of aryl methyl sites for hydroxylation is 2. The average Bonchev–Trinajstić information content (AvgIpc) is 3.16. The Bertz CT molecular complexity index is 869. The zero-order chi connectivity index (χ0) is 17.8. The van der Waals surface area contributed by atoms with Gasteiger partial charge in [-0.25, -0.2) is 4.79 Å². The fourth-order valence-electron chi connectivity index (χ4n) is 2.49. The van der Waals surface area contributed by atoms with Crippen LogP contribution in [0.2, 0.25) is 0 Å². The molecule has 0 unspecified atom stereocenters. The van der Waals surface area contributed by atoms with Crippen molar-refractivity contribution in [1.29, 1.82) is 0 Å². The second kappa shape index (κ2) is 7.16. The summed E-state index contributed by atoms with van der Waals surface area (Å²) < 4.78 is 4.98. The van der Waals surface area contributed by atoms with Crippen LogP contribution in [0.5, 0.6) is 0 Å². The molecular formula is C17H20N6O2. The van der Waals surface area contributed by atoms with E-state index in [0.717, 1.165) is 17.0 Å². The molecule has 3 rings (SSSR count). The van der Waals surface area contributed by atoms with Crippen molar-refractivity contribution in [2.24, 2.45) is 0 Å². The van der Waals surface area contributed by atoms with E-state index in [1.54, 1.807) is 19.1 Å². The van der Waals surface area contributed by atoms with Crippen LogP contribution in [-0.4, -0.2) is 32.4 Å². The summed E-state index contributed by atoms with van der Waals surface area (Å²) in [5, 5.41) is 16.7. The number of amides is 2. The highest BCUT2D eigenvalue weighted by molar-refractivity contribution is 5.90. The number of carbonyl (C=O) groups is 1. The lowest BCUT2D eigenvalue weighted by atomic mass is 10.2. The van der Waals surface area contributed by atoms with Crippen molar-refractivity contribution in [3.63, 3.8) is 0 Å². The van der Waals surface area contributed by atoms with Gasteiger partial charge < -0.3 is 15.2 Å². The van der Waals surface area contributed by atoms with Crippen LogP contribution in [0, 0.1) is 13.8 Å². The number of hydrogen-bond acceptors (Lipinski definition) is 5. The van der Waals surface area contributed by atoms with Crippen molar-refractivity contribution in [2.75, 3.05) is 5.32 Å². The molecule has 2 heterocycles. The van der Waals surface area contributed by atoms with Gasteiger partial charge in [-0.05, 0) is 32.0 Å². The molecule has 0 aliphatic heterocycles. The second-order valence-corrected chi connectivity index (χ2v) is 5.96. The Balaban J connectivity index is 1.59. The van der Waals surface area contributed by atoms with Gasteiger partial charge in [0, 0.05) is 36.3 Å². The first kappa shape index (κ1) is 16.7. The minimum atomic E-state index is -0.277. The van der Waals surface area contributed by atoms with Crippen molar-refractivity contribution in [2.45, 2.75) is 33.2 Å². The number of rotatable bonds is 5. The van der Waals surface area contributed by atoms with Crippen LogP contribution in [-0.2, 0) is 6.42 Å². The topological polar surface area (TPSA) is 109 Å². The molecule has 0 aliphatic carbocycles. The summed E-state index contributed by atoms with van der Waals surface area (Å²) in [6.45, 7) is 5.61. The van der Waals surface area contributed by atoms with Crippen LogP contribution in [0.3, 0.4) is 0 Å². The van der Waals surface area contributed by atoms with Crippen molar-refractivity contribution >= 4 is 11.7 Å². The Morgan fingerprint density at radius 1 is 1.32 bits per heavy atom. The summed E-state index contributed by atoms with van der Waals surface area (Å²) in [4.78, 5) is 16.4. The van der Waals surface area contributed by atoms with Gasteiger partial charge in [0.05, 0.1) is 5.69 Å². The van der Waals surface area contributed by atoms with Gasteiger partial charge in [0.2, 0.25) is 11.7 Å². The molecule has 3 aromatic rings. The van der Waals surface area contributed by atoms with Gasteiger partial charge in [0.1, 0.15) is 0 Å². The fraction of sp³-hybridized carbons (Fsp3) is 0.294. The SMILES string of the molecule is Cc1cc(C[C@H](C)NC(=O)Nc2cccc(-c3noc(C)n3)c2)n[nH]1. The van der Waals surface area contributed by atoms with Gasteiger partial charge in [0.15, 0.2) is 0 Å². The summed E-state index contributed by atoms with van der Waals surface area (Å²) in [7, 11) is 0. The summed E-state index contributed by atoms with van der Waals surface area (Å²) in [6, 6.07) is 8.92. The summed E-state index contributed by atoms with van der Waals surface area (Å²) >= 11 is 0. The van der Waals surface area contributed by atoms with Gasteiger partial charge >= 0.3 is 6.03 Å². The van der Waals surface area contributed by atoms with Gasteiger partial charge in [-0.1, -0.05) is 17.3 Å². The number of H-pyrrole nitrogens is 1. The number of nitrogens with zero attached hydrogens (tertiary/aromatic N) is 3. The second-order valence-electron chi connectivity index (χ2n) is 5.96. The van der Waals surface area contributed by atoms with E-state index in [0.29, 0.717) is 23.8 Å². The molecule has 2 aromatic heterocycles. The summed E-state index contributed by atoms with van der Waals surface area (Å²) in [6.07, 6.45) is 0.653. The molecule has 0 radical (unpaired) electrons. The Kier molecular flexibility index (Phi) is 4.78. The van der Waals surface area contributed by atoms with E-state index in [4.69, 9.17) is 4.52 Å². The zero-order valence-corrected chi connectivity index (χ0v) is 14.3. The predicted molar refractivity (Wildman–Crippen MR) is 93.1 cm³/mol. The quantitative estimate of drug-likeness (QED) is 0.662. The first-order valence-electron chi connectivity index (χ1n) is 7.99. The Hall–Kier alpha value is -3.16. The first-order chi connectivity index (χ1) is 12.0. The number of benzene rings is 1. The fourth-order valence-corrected chi connectivity index (χ4v) is 2.49. The van der Waals surface area contributed by atoms with Crippen molar-refractivity contribution in [3.8, 4) is 11.4 Å². The Morgan fingerprint density at radius 3 is 2.84 bits per heavy atom. The third-order valence-corrected chi connectivity index (χ3v) is 3.56. The van der Waals surface area contributed by atoms with Gasteiger partial charge in [-0.15, -0.1) is 0 Å². The number of aromatic amines is 1. The first-order valence-corrected chi connectivity index (χ1v) is 7.99. The number of nitrogens with one attached hydrogen (secondary N) is 3. The van der Waals surface area contributed by atoms with E-state index in [9.17, 15) is 4.79 Å². The van der Waals surface area contributed by atoms with Gasteiger partial charge in [-0.2, -0.15) is 10.1 Å². The number of urea groups is 1.